The fourth-order valence-corrected chi connectivity index (χ4v) is 2.74. The highest BCUT2D eigenvalue weighted by molar-refractivity contribution is 9.10. The number of hydrogen-bond acceptors (Lipinski definition) is 4. The molecule has 1 aromatic carbocycles. The largest absolute Gasteiger partial charge is 0.496 e. The summed E-state index contributed by atoms with van der Waals surface area (Å²) in [6, 6.07) is 5.45. The summed E-state index contributed by atoms with van der Waals surface area (Å²) in [7, 11) is 1.61. The number of ether oxygens (including phenoxy) is 1. The van der Waals surface area contributed by atoms with Crippen molar-refractivity contribution in [1.82, 2.24) is 9.97 Å². The molecule has 0 aliphatic carbocycles. The number of nitrogens with zero attached hydrogens (tertiary/aromatic N) is 2. The van der Waals surface area contributed by atoms with E-state index in [0.717, 1.165) is 34.5 Å². The van der Waals surface area contributed by atoms with Gasteiger partial charge in [-0.1, -0.05) is 18.5 Å². The highest BCUT2D eigenvalue weighted by Crippen LogP contribution is 2.33. The zero-order valence-electron chi connectivity index (χ0n) is 12.2. The van der Waals surface area contributed by atoms with Crippen molar-refractivity contribution in [3.05, 3.63) is 33.4 Å². The van der Waals surface area contributed by atoms with E-state index in [1.165, 1.54) is 0 Å². The zero-order valence-corrected chi connectivity index (χ0v) is 14.5. The molecule has 1 aromatic heterocycles. The molecule has 6 heteroatoms. The Morgan fingerprint density at radius 2 is 2.05 bits per heavy atom. The third kappa shape index (κ3) is 3.47. The standard InChI is InChI=1S/C15H17BrClN3O/c1-4-11-13(16)15(18-5-2)20-14(19-11)10-7-6-9(17)8-12(10)21-3/h6-8H,4-5H2,1-3H3,(H,18,19,20). The fraction of sp³-hybridized carbons (Fsp3) is 0.333. The number of hydrogen-bond donors (Lipinski definition) is 1. The van der Waals surface area contributed by atoms with Crippen molar-refractivity contribution in [3.63, 3.8) is 0 Å². The van der Waals surface area contributed by atoms with Crippen LogP contribution in [0.25, 0.3) is 11.4 Å². The van der Waals surface area contributed by atoms with E-state index in [4.69, 9.17) is 16.3 Å². The van der Waals surface area contributed by atoms with Gasteiger partial charge < -0.3 is 10.1 Å². The van der Waals surface area contributed by atoms with Gasteiger partial charge in [-0.2, -0.15) is 0 Å². The Balaban J connectivity index is 2.60. The molecular formula is C15H17BrClN3O. The summed E-state index contributed by atoms with van der Waals surface area (Å²) in [6.07, 6.45) is 0.810. The summed E-state index contributed by atoms with van der Waals surface area (Å²) in [4.78, 5) is 9.21. The van der Waals surface area contributed by atoms with Crippen LogP contribution in [0, 0.1) is 0 Å². The van der Waals surface area contributed by atoms with Crippen LogP contribution >= 0.6 is 27.5 Å². The average molecular weight is 371 g/mol. The quantitative estimate of drug-likeness (QED) is 0.838. The van der Waals surface area contributed by atoms with Crippen molar-refractivity contribution >= 4 is 33.3 Å². The van der Waals surface area contributed by atoms with Crippen LogP contribution in [0.15, 0.2) is 22.7 Å². The van der Waals surface area contributed by atoms with Crippen LogP contribution in [0.2, 0.25) is 5.02 Å². The topological polar surface area (TPSA) is 47.0 Å². The van der Waals surface area contributed by atoms with Crippen LogP contribution in [0.1, 0.15) is 19.5 Å². The van der Waals surface area contributed by atoms with Crippen molar-refractivity contribution in [2.24, 2.45) is 0 Å². The molecule has 0 saturated carbocycles. The second-order valence-corrected chi connectivity index (χ2v) is 5.61. The minimum Gasteiger partial charge on any atom is -0.496 e. The van der Waals surface area contributed by atoms with E-state index >= 15 is 0 Å². The lowest BCUT2D eigenvalue weighted by atomic mass is 10.1. The maximum absolute atomic E-state index is 6.01. The molecule has 0 saturated heterocycles. The van der Waals surface area contributed by atoms with Crippen molar-refractivity contribution in [2.45, 2.75) is 20.3 Å². The second-order valence-electron chi connectivity index (χ2n) is 4.38. The van der Waals surface area contributed by atoms with Gasteiger partial charge >= 0.3 is 0 Å². The summed E-state index contributed by atoms with van der Waals surface area (Å²) in [5.41, 5.74) is 1.77. The second kappa shape index (κ2) is 7.09. The number of aromatic nitrogens is 2. The third-order valence-electron chi connectivity index (χ3n) is 3.00. The smallest absolute Gasteiger partial charge is 0.165 e. The van der Waals surface area contributed by atoms with E-state index in [0.29, 0.717) is 16.6 Å². The molecule has 1 N–H and O–H groups in total. The molecule has 2 aromatic rings. The number of methoxy groups -OCH3 is 1. The van der Waals surface area contributed by atoms with Crippen molar-refractivity contribution < 1.29 is 4.74 Å². The Morgan fingerprint density at radius 3 is 2.67 bits per heavy atom. The monoisotopic (exact) mass is 369 g/mol. The molecule has 0 amide bonds. The fourth-order valence-electron chi connectivity index (χ4n) is 1.98. The summed E-state index contributed by atoms with van der Waals surface area (Å²) in [6.45, 7) is 4.88. The molecule has 2 rings (SSSR count). The molecule has 4 nitrogen and oxygen atoms in total. The molecule has 0 aliphatic rings. The van der Waals surface area contributed by atoms with Gasteiger partial charge in [-0.05, 0) is 47.5 Å². The summed E-state index contributed by atoms with van der Waals surface area (Å²) in [5, 5.41) is 3.87. The average Bonchev–Trinajstić information content (AvgIpc) is 2.49. The van der Waals surface area contributed by atoms with Crippen LogP contribution in [0.3, 0.4) is 0 Å². The van der Waals surface area contributed by atoms with Crippen molar-refractivity contribution in [1.29, 1.82) is 0 Å². The number of halogens is 2. The molecule has 0 atom stereocenters. The predicted molar refractivity (Wildman–Crippen MR) is 90.3 cm³/mol. The van der Waals surface area contributed by atoms with Gasteiger partial charge in [0.25, 0.3) is 0 Å². The molecule has 1 heterocycles. The van der Waals surface area contributed by atoms with Gasteiger partial charge in [0, 0.05) is 11.6 Å². The first-order valence-corrected chi connectivity index (χ1v) is 7.92. The van der Waals surface area contributed by atoms with Crippen LogP contribution in [0.5, 0.6) is 5.75 Å². The first-order valence-electron chi connectivity index (χ1n) is 6.74. The molecule has 0 aliphatic heterocycles. The molecule has 112 valence electrons. The molecule has 0 fully saturated rings. The van der Waals surface area contributed by atoms with Gasteiger partial charge in [-0.15, -0.1) is 0 Å². The van der Waals surface area contributed by atoms with Gasteiger partial charge in [-0.25, -0.2) is 9.97 Å². The molecule has 21 heavy (non-hydrogen) atoms. The van der Waals surface area contributed by atoms with E-state index in [9.17, 15) is 0 Å². The lowest BCUT2D eigenvalue weighted by Crippen LogP contribution is -2.06. The number of benzene rings is 1. The van der Waals surface area contributed by atoms with E-state index < -0.39 is 0 Å². The first-order chi connectivity index (χ1) is 10.1. The predicted octanol–water partition coefficient (Wildman–Crippen LogP) is 4.56. The first kappa shape index (κ1) is 16.0. The number of aryl methyl sites for hydroxylation is 1. The van der Waals surface area contributed by atoms with Crippen LogP contribution in [-0.2, 0) is 6.42 Å². The Bertz CT molecular complexity index is 649. The Hall–Kier alpha value is -1.33. The third-order valence-corrected chi connectivity index (χ3v) is 4.07. The Labute approximate surface area is 138 Å². The van der Waals surface area contributed by atoms with E-state index in [1.807, 2.05) is 19.1 Å². The van der Waals surface area contributed by atoms with E-state index in [2.05, 4.69) is 38.1 Å². The Morgan fingerprint density at radius 1 is 1.29 bits per heavy atom. The SMILES string of the molecule is CCNc1nc(-c2ccc(Cl)cc2OC)nc(CC)c1Br. The summed E-state index contributed by atoms with van der Waals surface area (Å²) >= 11 is 9.56. The highest BCUT2D eigenvalue weighted by Gasteiger charge is 2.15. The molecule has 0 unspecified atom stereocenters. The Kier molecular flexibility index (Phi) is 5.42. The lowest BCUT2D eigenvalue weighted by molar-refractivity contribution is 0.416. The van der Waals surface area contributed by atoms with Gasteiger partial charge in [0.15, 0.2) is 5.82 Å². The lowest BCUT2D eigenvalue weighted by Gasteiger charge is -2.13. The number of nitrogens with one attached hydrogen (secondary N) is 1. The van der Waals surface area contributed by atoms with Gasteiger partial charge in [0.2, 0.25) is 0 Å². The molecule has 0 bridgehead atoms. The normalized spacial score (nSPS) is 10.5. The van der Waals surface area contributed by atoms with Gasteiger partial charge in [0.1, 0.15) is 11.6 Å². The van der Waals surface area contributed by atoms with Crippen LogP contribution in [0.4, 0.5) is 5.82 Å². The van der Waals surface area contributed by atoms with E-state index in [-0.39, 0.29) is 0 Å². The molecule has 0 spiro atoms. The van der Waals surface area contributed by atoms with Crippen LogP contribution < -0.4 is 10.1 Å². The molecular weight excluding hydrogens is 354 g/mol. The summed E-state index contributed by atoms with van der Waals surface area (Å²) in [5.74, 6) is 2.07. The van der Waals surface area contributed by atoms with Crippen LogP contribution in [-0.4, -0.2) is 23.6 Å². The zero-order chi connectivity index (χ0) is 15.4. The number of rotatable bonds is 5. The van der Waals surface area contributed by atoms with Crippen molar-refractivity contribution in [3.8, 4) is 17.1 Å². The van der Waals surface area contributed by atoms with E-state index in [1.54, 1.807) is 13.2 Å². The number of anilines is 1. The maximum atomic E-state index is 6.01. The highest BCUT2D eigenvalue weighted by atomic mass is 79.9. The van der Waals surface area contributed by atoms with Gasteiger partial charge in [-0.3, -0.25) is 0 Å². The minimum atomic E-state index is 0.621. The minimum absolute atomic E-state index is 0.621. The van der Waals surface area contributed by atoms with Gasteiger partial charge in [0.05, 0.1) is 22.8 Å². The maximum Gasteiger partial charge on any atom is 0.165 e. The molecule has 0 radical (unpaired) electrons. The summed E-state index contributed by atoms with van der Waals surface area (Å²) < 4.78 is 6.29. The van der Waals surface area contributed by atoms with Crippen molar-refractivity contribution in [2.75, 3.05) is 19.0 Å².